The molecule has 5 nitrogen and oxygen atoms in total. The van der Waals surface area contributed by atoms with E-state index in [1.165, 1.54) is 18.4 Å². The monoisotopic (exact) mass is 400 g/mol. The fourth-order valence-corrected chi connectivity index (χ4v) is 3.30. The second-order valence-electron chi connectivity index (χ2n) is 5.66. The summed E-state index contributed by atoms with van der Waals surface area (Å²) in [6.07, 6.45) is 0. The highest BCUT2D eigenvalue weighted by atomic mass is 35.5. The number of methoxy groups -OCH3 is 1. The molecule has 0 radical (unpaired) electrons. The minimum Gasteiger partial charge on any atom is -0.495 e. The van der Waals surface area contributed by atoms with Gasteiger partial charge in [-0.15, -0.1) is 11.3 Å². The number of nitrogens with one attached hydrogen (secondary N) is 2. The number of amides is 2. The second-order valence-corrected chi connectivity index (χ2v) is 7.02. The van der Waals surface area contributed by atoms with E-state index >= 15 is 0 Å². The molecule has 2 aromatic carbocycles. The van der Waals surface area contributed by atoms with E-state index < -0.39 is 0 Å². The van der Waals surface area contributed by atoms with Gasteiger partial charge in [0.25, 0.3) is 11.8 Å². The summed E-state index contributed by atoms with van der Waals surface area (Å²) in [6.45, 7) is 0.396. The average Bonchev–Trinajstić information content (AvgIpc) is 3.21. The van der Waals surface area contributed by atoms with Crippen LogP contribution < -0.4 is 15.4 Å². The molecular formula is C20H17ClN2O3S. The average molecular weight is 401 g/mol. The van der Waals surface area contributed by atoms with Gasteiger partial charge in [0, 0.05) is 17.8 Å². The zero-order valence-corrected chi connectivity index (χ0v) is 16.1. The van der Waals surface area contributed by atoms with E-state index in [1.807, 2.05) is 23.6 Å². The Kier molecular flexibility index (Phi) is 6.11. The third-order valence-electron chi connectivity index (χ3n) is 3.82. The smallest absolute Gasteiger partial charge is 0.261 e. The van der Waals surface area contributed by atoms with E-state index in [4.69, 9.17) is 16.3 Å². The molecule has 0 atom stereocenters. The third-order valence-corrected chi connectivity index (χ3v) is 4.99. The van der Waals surface area contributed by atoms with Crippen molar-refractivity contribution in [3.05, 3.63) is 81.0 Å². The maximum atomic E-state index is 12.4. The highest BCUT2D eigenvalue weighted by Crippen LogP contribution is 2.27. The van der Waals surface area contributed by atoms with E-state index in [9.17, 15) is 9.59 Å². The molecule has 27 heavy (non-hydrogen) atoms. The van der Waals surface area contributed by atoms with E-state index in [1.54, 1.807) is 36.4 Å². The van der Waals surface area contributed by atoms with Gasteiger partial charge in [0.15, 0.2) is 0 Å². The van der Waals surface area contributed by atoms with Crippen molar-refractivity contribution < 1.29 is 14.3 Å². The predicted octanol–water partition coefficient (Wildman–Crippen LogP) is 4.59. The van der Waals surface area contributed by atoms with Gasteiger partial charge in [-0.25, -0.2) is 0 Å². The van der Waals surface area contributed by atoms with Gasteiger partial charge < -0.3 is 15.4 Å². The molecule has 0 bridgehead atoms. The van der Waals surface area contributed by atoms with Crippen LogP contribution in [0, 0.1) is 0 Å². The van der Waals surface area contributed by atoms with Gasteiger partial charge in [-0.2, -0.15) is 0 Å². The number of benzene rings is 2. The zero-order valence-electron chi connectivity index (χ0n) is 14.5. The van der Waals surface area contributed by atoms with Crippen LogP contribution in [0.3, 0.4) is 0 Å². The van der Waals surface area contributed by atoms with E-state index in [2.05, 4.69) is 10.6 Å². The number of carbonyl (C=O) groups is 2. The molecular weight excluding hydrogens is 384 g/mol. The topological polar surface area (TPSA) is 67.4 Å². The molecule has 0 aliphatic carbocycles. The molecule has 7 heteroatoms. The van der Waals surface area contributed by atoms with Crippen LogP contribution >= 0.6 is 22.9 Å². The van der Waals surface area contributed by atoms with Gasteiger partial charge in [-0.05, 0) is 47.3 Å². The van der Waals surface area contributed by atoms with Crippen molar-refractivity contribution in [2.75, 3.05) is 12.4 Å². The van der Waals surface area contributed by atoms with Gasteiger partial charge in [-0.3, -0.25) is 9.59 Å². The van der Waals surface area contributed by atoms with E-state index in [0.29, 0.717) is 33.4 Å². The Morgan fingerprint density at radius 3 is 2.48 bits per heavy atom. The molecule has 0 spiro atoms. The predicted molar refractivity (Wildman–Crippen MR) is 108 cm³/mol. The first-order valence-electron chi connectivity index (χ1n) is 8.12. The van der Waals surface area contributed by atoms with Crippen LogP contribution in [-0.4, -0.2) is 18.9 Å². The number of halogens is 1. The lowest BCUT2D eigenvalue weighted by atomic mass is 10.1. The molecule has 0 unspecified atom stereocenters. The summed E-state index contributed by atoms with van der Waals surface area (Å²) in [5.41, 5.74) is 2.00. The van der Waals surface area contributed by atoms with Crippen molar-refractivity contribution in [3.8, 4) is 5.75 Å². The van der Waals surface area contributed by atoms with Gasteiger partial charge in [0.05, 0.1) is 17.0 Å². The van der Waals surface area contributed by atoms with Crippen LogP contribution in [0.2, 0.25) is 5.02 Å². The van der Waals surface area contributed by atoms with Crippen molar-refractivity contribution in [3.63, 3.8) is 0 Å². The summed E-state index contributed by atoms with van der Waals surface area (Å²) in [7, 11) is 1.53. The van der Waals surface area contributed by atoms with Crippen LogP contribution in [0.15, 0.2) is 60.0 Å². The second kappa shape index (κ2) is 8.70. The van der Waals surface area contributed by atoms with E-state index in [0.717, 1.165) is 5.56 Å². The van der Waals surface area contributed by atoms with Crippen molar-refractivity contribution in [1.29, 1.82) is 0 Å². The number of carbonyl (C=O) groups excluding carboxylic acids is 2. The number of ether oxygens (including phenoxy) is 1. The van der Waals surface area contributed by atoms with Crippen molar-refractivity contribution in [2.24, 2.45) is 0 Å². The van der Waals surface area contributed by atoms with Crippen molar-refractivity contribution in [2.45, 2.75) is 6.54 Å². The lowest BCUT2D eigenvalue weighted by Gasteiger charge is -2.09. The Labute approximate surface area is 165 Å². The zero-order chi connectivity index (χ0) is 19.2. The van der Waals surface area contributed by atoms with Crippen LogP contribution in [0.1, 0.15) is 25.6 Å². The largest absolute Gasteiger partial charge is 0.495 e. The Bertz CT molecular complexity index is 940. The van der Waals surface area contributed by atoms with Gasteiger partial charge in [-0.1, -0.05) is 29.8 Å². The molecule has 0 saturated heterocycles. The molecule has 138 valence electrons. The van der Waals surface area contributed by atoms with Crippen molar-refractivity contribution >= 4 is 40.4 Å². The summed E-state index contributed by atoms with van der Waals surface area (Å²) in [5, 5.41) is 7.93. The minimum absolute atomic E-state index is 0.108. The molecule has 0 aliphatic rings. The normalized spacial score (nSPS) is 10.3. The molecule has 1 heterocycles. The van der Waals surface area contributed by atoms with Gasteiger partial charge in [0.1, 0.15) is 5.75 Å². The first kappa shape index (κ1) is 18.9. The lowest BCUT2D eigenvalue weighted by Crippen LogP contribution is -2.21. The molecule has 2 N–H and O–H groups in total. The van der Waals surface area contributed by atoms with Gasteiger partial charge >= 0.3 is 0 Å². The highest BCUT2D eigenvalue weighted by Gasteiger charge is 2.09. The van der Waals surface area contributed by atoms with E-state index in [-0.39, 0.29) is 11.8 Å². The Morgan fingerprint density at radius 2 is 1.85 bits per heavy atom. The number of hydrogen-bond donors (Lipinski definition) is 2. The standard InChI is InChI=1S/C20H17ClN2O3S/c1-26-17-9-8-15(11-16(17)21)23-19(24)14-6-4-13(5-7-14)12-22-20(25)18-3-2-10-27-18/h2-11H,12H2,1H3,(H,22,25)(H,23,24). The number of rotatable bonds is 6. The molecule has 0 fully saturated rings. The van der Waals surface area contributed by atoms with Crippen molar-refractivity contribution in [1.82, 2.24) is 5.32 Å². The first-order valence-corrected chi connectivity index (χ1v) is 9.38. The van der Waals surface area contributed by atoms with Crippen LogP contribution in [0.5, 0.6) is 5.75 Å². The van der Waals surface area contributed by atoms with Crippen LogP contribution in [0.25, 0.3) is 0 Å². The van der Waals surface area contributed by atoms with Gasteiger partial charge in [0.2, 0.25) is 0 Å². The number of anilines is 1. The molecule has 1 aromatic heterocycles. The van der Waals surface area contributed by atoms with Crippen LogP contribution in [0.4, 0.5) is 5.69 Å². The summed E-state index contributed by atoms with van der Waals surface area (Å²) >= 11 is 7.46. The summed E-state index contributed by atoms with van der Waals surface area (Å²) in [5.74, 6) is 0.192. The molecule has 0 aliphatic heterocycles. The minimum atomic E-state index is -0.245. The molecule has 3 aromatic rings. The Morgan fingerprint density at radius 1 is 1.07 bits per heavy atom. The maximum absolute atomic E-state index is 12.4. The lowest BCUT2D eigenvalue weighted by molar-refractivity contribution is 0.0953. The summed E-state index contributed by atoms with van der Waals surface area (Å²) in [4.78, 5) is 25.0. The Hall–Kier alpha value is -2.83. The highest BCUT2D eigenvalue weighted by molar-refractivity contribution is 7.12. The molecule has 2 amide bonds. The molecule has 3 rings (SSSR count). The van der Waals surface area contributed by atoms with Crippen LogP contribution in [-0.2, 0) is 6.54 Å². The molecule has 0 saturated carbocycles. The summed E-state index contributed by atoms with van der Waals surface area (Å²) < 4.78 is 5.09. The fraction of sp³-hybridized carbons (Fsp3) is 0.100. The third kappa shape index (κ3) is 4.87. The quantitative estimate of drug-likeness (QED) is 0.635. The Balaban J connectivity index is 1.58. The SMILES string of the molecule is COc1ccc(NC(=O)c2ccc(CNC(=O)c3cccs3)cc2)cc1Cl. The number of hydrogen-bond acceptors (Lipinski definition) is 4. The summed E-state index contributed by atoms with van der Waals surface area (Å²) in [6, 6.07) is 15.7. The first-order chi connectivity index (χ1) is 13.1. The fourth-order valence-electron chi connectivity index (χ4n) is 2.40. The number of thiophene rings is 1. The maximum Gasteiger partial charge on any atom is 0.261 e.